The molecule has 7 nitrogen and oxygen atoms in total. The van der Waals surface area contributed by atoms with Crippen molar-refractivity contribution in [1.82, 2.24) is 15.0 Å². The van der Waals surface area contributed by atoms with Gasteiger partial charge in [0.1, 0.15) is 5.02 Å². The van der Waals surface area contributed by atoms with E-state index in [0.717, 1.165) is 12.3 Å². The molecule has 106 valence electrons. The van der Waals surface area contributed by atoms with Gasteiger partial charge in [0, 0.05) is 12.7 Å². The van der Waals surface area contributed by atoms with E-state index in [1.165, 1.54) is 6.92 Å². The third-order valence-electron chi connectivity index (χ3n) is 2.22. The van der Waals surface area contributed by atoms with Gasteiger partial charge in [-0.3, -0.25) is 9.59 Å². The molecule has 0 spiro atoms. The molecule has 3 N–H and O–H groups in total. The molecule has 0 radical (unpaired) electrons. The van der Waals surface area contributed by atoms with Crippen molar-refractivity contribution >= 4 is 27.5 Å². The van der Waals surface area contributed by atoms with E-state index in [9.17, 15) is 18.0 Å². The Morgan fingerprint density at radius 2 is 2.16 bits per heavy atom. The summed E-state index contributed by atoms with van der Waals surface area (Å²) in [5.74, 6) is -0.443. The zero-order valence-electron chi connectivity index (χ0n) is 10.4. The van der Waals surface area contributed by atoms with Crippen molar-refractivity contribution in [2.24, 2.45) is 0 Å². The summed E-state index contributed by atoms with van der Waals surface area (Å²) in [5, 5.41) is 2.25. The van der Waals surface area contributed by atoms with Gasteiger partial charge in [-0.15, -0.1) is 0 Å². The van der Waals surface area contributed by atoms with Gasteiger partial charge >= 0.3 is 0 Å². The number of carbonyl (C=O) groups excluding carboxylic acids is 1. The molecule has 0 aliphatic rings. The Kier molecular flexibility index (Phi) is 5.10. The van der Waals surface area contributed by atoms with Crippen LogP contribution in [-0.2, 0) is 14.8 Å². The van der Waals surface area contributed by atoms with Gasteiger partial charge in [-0.05, 0) is 19.9 Å². The summed E-state index contributed by atoms with van der Waals surface area (Å²) in [4.78, 5) is 24.5. The van der Waals surface area contributed by atoms with Crippen LogP contribution in [0.15, 0.2) is 22.0 Å². The molecule has 1 rings (SSSR count). The highest BCUT2D eigenvalue weighted by Crippen LogP contribution is 2.10. The fourth-order valence-electron chi connectivity index (χ4n) is 1.27. The lowest BCUT2D eigenvalue weighted by Gasteiger charge is -2.13. The van der Waals surface area contributed by atoms with Gasteiger partial charge < -0.3 is 10.3 Å². The number of pyridine rings is 1. The van der Waals surface area contributed by atoms with Crippen molar-refractivity contribution in [2.75, 3.05) is 6.54 Å². The van der Waals surface area contributed by atoms with Crippen LogP contribution in [0.5, 0.6) is 0 Å². The molecule has 1 amide bonds. The number of amides is 1. The maximum Gasteiger partial charge on any atom is 0.266 e. The Bertz CT molecular complexity index is 626. The molecule has 0 fully saturated rings. The summed E-state index contributed by atoms with van der Waals surface area (Å²) in [6.45, 7) is 3.53. The molecule has 0 aliphatic heterocycles. The average Bonchev–Trinajstić information content (AvgIpc) is 2.32. The van der Waals surface area contributed by atoms with Gasteiger partial charge in [0.25, 0.3) is 5.56 Å². The molecule has 1 atom stereocenters. The molecule has 0 bridgehead atoms. The average molecular weight is 308 g/mol. The molecular weight excluding hydrogens is 294 g/mol. The highest BCUT2D eigenvalue weighted by molar-refractivity contribution is 7.89. The van der Waals surface area contributed by atoms with Gasteiger partial charge in [0.15, 0.2) is 0 Å². The van der Waals surface area contributed by atoms with Gasteiger partial charge in [-0.1, -0.05) is 11.6 Å². The van der Waals surface area contributed by atoms with Gasteiger partial charge in [-0.25, -0.2) is 8.42 Å². The number of H-pyrrole nitrogens is 1. The molecule has 1 unspecified atom stereocenters. The van der Waals surface area contributed by atoms with Crippen molar-refractivity contribution in [1.29, 1.82) is 0 Å². The number of rotatable bonds is 5. The molecule has 0 saturated heterocycles. The topological polar surface area (TPSA) is 108 Å². The maximum absolute atomic E-state index is 11.9. The molecular formula is C10H14ClN3O4S. The summed E-state index contributed by atoms with van der Waals surface area (Å²) in [6, 6.07) is 0.0864. The SMILES string of the molecule is CCNC(=O)C(C)NS(=O)(=O)c1c[nH]c(=O)c(Cl)c1. The zero-order chi connectivity index (χ0) is 14.6. The normalized spacial score (nSPS) is 13.0. The van der Waals surface area contributed by atoms with E-state index in [0.29, 0.717) is 6.54 Å². The van der Waals surface area contributed by atoms with Gasteiger partial charge in [-0.2, -0.15) is 4.72 Å². The van der Waals surface area contributed by atoms with E-state index in [4.69, 9.17) is 11.6 Å². The van der Waals surface area contributed by atoms with Crippen molar-refractivity contribution in [2.45, 2.75) is 24.8 Å². The lowest BCUT2D eigenvalue weighted by atomic mass is 10.3. The first kappa shape index (κ1) is 15.7. The summed E-state index contributed by atoms with van der Waals surface area (Å²) in [7, 11) is -3.93. The van der Waals surface area contributed by atoms with Crippen LogP contribution in [0.2, 0.25) is 5.02 Å². The molecule has 19 heavy (non-hydrogen) atoms. The quantitative estimate of drug-likeness (QED) is 0.702. The number of nitrogens with one attached hydrogen (secondary N) is 3. The third-order valence-corrected chi connectivity index (χ3v) is 4.02. The van der Waals surface area contributed by atoms with Crippen LogP contribution < -0.4 is 15.6 Å². The van der Waals surface area contributed by atoms with E-state index >= 15 is 0 Å². The van der Waals surface area contributed by atoms with Gasteiger partial charge in [0.05, 0.1) is 10.9 Å². The summed E-state index contributed by atoms with van der Waals surface area (Å²) >= 11 is 5.55. The van der Waals surface area contributed by atoms with Crippen LogP contribution in [0.4, 0.5) is 0 Å². The third kappa shape index (κ3) is 4.05. The van der Waals surface area contributed by atoms with Crippen LogP contribution in [-0.4, -0.2) is 31.9 Å². The Labute approximate surface area is 115 Å². The predicted octanol–water partition coefficient (Wildman–Crippen LogP) is -0.169. The Morgan fingerprint density at radius 3 is 2.68 bits per heavy atom. The summed E-state index contributed by atoms with van der Waals surface area (Å²) in [5.41, 5.74) is -0.586. The number of hydrogen-bond donors (Lipinski definition) is 3. The number of aromatic amines is 1. The van der Waals surface area contributed by atoms with Crippen LogP contribution in [0.1, 0.15) is 13.8 Å². The number of halogens is 1. The van der Waals surface area contributed by atoms with Crippen LogP contribution in [0, 0.1) is 0 Å². The van der Waals surface area contributed by atoms with Gasteiger partial charge in [0.2, 0.25) is 15.9 Å². The minimum Gasteiger partial charge on any atom is -0.355 e. The van der Waals surface area contributed by atoms with Crippen LogP contribution in [0.3, 0.4) is 0 Å². The van der Waals surface area contributed by atoms with Crippen molar-refractivity contribution in [3.8, 4) is 0 Å². The predicted molar refractivity (Wildman–Crippen MR) is 70.5 cm³/mol. The monoisotopic (exact) mass is 307 g/mol. The molecule has 0 aliphatic carbocycles. The molecule has 1 aromatic rings. The number of likely N-dealkylation sites (N-methyl/N-ethyl adjacent to an activating group) is 1. The lowest BCUT2D eigenvalue weighted by Crippen LogP contribution is -2.44. The Balaban J connectivity index is 2.95. The number of sulfonamides is 1. The van der Waals surface area contributed by atoms with Crippen molar-refractivity contribution in [3.63, 3.8) is 0 Å². The first-order chi connectivity index (χ1) is 8.77. The molecule has 9 heteroatoms. The zero-order valence-corrected chi connectivity index (χ0v) is 11.9. The molecule has 1 aromatic heterocycles. The summed E-state index contributed by atoms with van der Waals surface area (Å²) < 4.78 is 26.1. The van der Waals surface area contributed by atoms with E-state index in [-0.39, 0.29) is 9.92 Å². The van der Waals surface area contributed by atoms with E-state index in [1.54, 1.807) is 6.92 Å². The largest absolute Gasteiger partial charge is 0.355 e. The number of hydrogen-bond acceptors (Lipinski definition) is 4. The second kappa shape index (κ2) is 6.18. The minimum absolute atomic E-state index is 0.215. The Hall–Kier alpha value is -1.38. The van der Waals surface area contributed by atoms with E-state index in [2.05, 4.69) is 15.0 Å². The second-order valence-corrected chi connectivity index (χ2v) is 5.87. The standard InChI is InChI=1S/C10H14ClN3O4S/c1-3-12-9(15)6(2)14-19(17,18)7-4-8(11)10(16)13-5-7/h4-6,14H,3H2,1-2H3,(H,12,15)(H,13,16). The van der Waals surface area contributed by atoms with Crippen molar-refractivity contribution in [3.05, 3.63) is 27.6 Å². The minimum atomic E-state index is -3.93. The van der Waals surface area contributed by atoms with E-state index in [1.807, 2.05) is 0 Å². The van der Waals surface area contributed by atoms with Crippen molar-refractivity contribution < 1.29 is 13.2 Å². The highest BCUT2D eigenvalue weighted by Gasteiger charge is 2.22. The van der Waals surface area contributed by atoms with Crippen LogP contribution in [0.25, 0.3) is 0 Å². The molecule has 0 saturated carbocycles. The number of aromatic nitrogens is 1. The first-order valence-electron chi connectivity index (χ1n) is 5.46. The lowest BCUT2D eigenvalue weighted by molar-refractivity contribution is -0.122. The molecule has 0 aromatic carbocycles. The number of carbonyl (C=O) groups is 1. The Morgan fingerprint density at radius 1 is 1.53 bits per heavy atom. The summed E-state index contributed by atoms with van der Waals surface area (Å²) in [6.07, 6.45) is 1.01. The van der Waals surface area contributed by atoms with Crippen LogP contribution >= 0.6 is 11.6 Å². The highest BCUT2D eigenvalue weighted by atomic mass is 35.5. The van der Waals surface area contributed by atoms with E-state index < -0.39 is 27.5 Å². The second-order valence-electron chi connectivity index (χ2n) is 3.75. The first-order valence-corrected chi connectivity index (χ1v) is 7.32. The fraction of sp³-hybridized carbons (Fsp3) is 0.400. The smallest absolute Gasteiger partial charge is 0.266 e. The fourth-order valence-corrected chi connectivity index (χ4v) is 2.71. The maximum atomic E-state index is 11.9. The molecule has 1 heterocycles.